The number of hydrogen-bond donors (Lipinski definition) is 0. The molecule has 0 unspecified atom stereocenters. The minimum atomic E-state index is -0.0964. The third-order valence-electron chi connectivity index (χ3n) is 5.17. The number of benzene rings is 1. The highest BCUT2D eigenvalue weighted by molar-refractivity contribution is 6.15. The molecule has 1 saturated heterocycles. The van der Waals surface area contributed by atoms with Gasteiger partial charge in [-0.2, -0.15) is 0 Å². The van der Waals surface area contributed by atoms with E-state index in [4.69, 9.17) is 14.2 Å². The molecule has 0 amide bonds. The number of fused-ring (bicyclic) bond motifs is 3. The van der Waals surface area contributed by atoms with Crippen LogP contribution in [0, 0.1) is 0 Å². The Morgan fingerprint density at radius 3 is 2.93 bits per heavy atom. The number of Topliss-reactive ketones (excluding diaryl/α,β-unsaturated/α-hetero) is 1. The molecule has 1 aromatic carbocycles. The van der Waals surface area contributed by atoms with E-state index in [0.29, 0.717) is 30.3 Å². The monoisotopic (exact) mass is 364 g/mol. The molecule has 0 spiro atoms. The van der Waals surface area contributed by atoms with Gasteiger partial charge in [-0.15, -0.1) is 0 Å². The number of aromatic nitrogens is 1. The van der Waals surface area contributed by atoms with Gasteiger partial charge in [-0.3, -0.25) is 14.7 Å². The molecule has 2 aromatic rings. The van der Waals surface area contributed by atoms with Crippen LogP contribution in [-0.4, -0.2) is 41.7 Å². The fourth-order valence-corrected chi connectivity index (χ4v) is 3.81. The molecule has 138 valence electrons. The maximum Gasteiger partial charge on any atom is 0.231 e. The van der Waals surface area contributed by atoms with Crippen molar-refractivity contribution in [2.75, 3.05) is 19.9 Å². The predicted octanol–water partition coefficient (Wildman–Crippen LogP) is 3.03. The molecule has 0 saturated carbocycles. The zero-order valence-corrected chi connectivity index (χ0v) is 14.9. The van der Waals surface area contributed by atoms with Gasteiger partial charge in [0.15, 0.2) is 5.76 Å². The number of nitrogens with zero attached hydrogens (tertiary/aromatic N) is 2. The molecule has 0 radical (unpaired) electrons. The number of carbonyl (C=O) groups excluding carboxylic acids is 1. The van der Waals surface area contributed by atoms with Gasteiger partial charge in [-0.25, -0.2) is 0 Å². The molecule has 3 aliphatic heterocycles. The fourth-order valence-electron chi connectivity index (χ4n) is 3.81. The van der Waals surface area contributed by atoms with Gasteiger partial charge in [-0.05, 0) is 48.7 Å². The van der Waals surface area contributed by atoms with Crippen molar-refractivity contribution in [1.82, 2.24) is 9.88 Å². The highest BCUT2D eigenvalue weighted by Crippen LogP contribution is 2.42. The van der Waals surface area contributed by atoms with Crippen molar-refractivity contribution in [2.24, 2.45) is 0 Å². The highest BCUT2D eigenvalue weighted by Gasteiger charge is 2.34. The minimum absolute atomic E-state index is 0.0964. The van der Waals surface area contributed by atoms with E-state index in [0.717, 1.165) is 42.9 Å². The second kappa shape index (κ2) is 6.79. The van der Waals surface area contributed by atoms with E-state index >= 15 is 0 Å². The normalized spacial score (nSPS) is 23.0. The second-order valence-corrected chi connectivity index (χ2v) is 7.06. The number of ketones is 1. The fraction of sp³-hybridized carbons (Fsp3) is 0.333. The third-order valence-corrected chi connectivity index (χ3v) is 5.17. The van der Waals surface area contributed by atoms with E-state index in [2.05, 4.69) is 9.88 Å². The maximum absolute atomic E-state index is 12.8. The molecule has 0 aliphatic carbocycles. The molecule has 1 aromatic heterocycles. The van der Waals surface area contributed by atoms with Gasteiger partial charge in [0.2, 0.25) is 5.78 Å². The molecular weight excluding hydrogens is 344 g/mol. The van der Waals surface area contributed by atoms with E-state index in [1.807, 2.05) is 18.2 Å². The van der Waals surface area contributed by atoms with Crippen LogP contribution in [0.4, 0.5) is 0 Å². The molecule has 27 heavy (non-hydrogen) atoms. The lowest BCUT2D eigenvalue weighted by Gasteiger charge is -2.31. The SMILES string of the molecule is O=C1/C(=C/c2ccncc2)Oc2c1ccc1c2CN(C[C@H]2CCCO2)CO1. The summed E-state index contributed by atoms with van der Waals surface area (Å²) in [5, 5.41) is 0. The number of rotatable bonds is 3. The summed E-state index contributed by atoms with van der Waals surface area (Å²) in [7, 11) is 0. The van der Waals surface area contributed by atoms with Crippen LogP contribution in [-0.2, 0) is 11.3 Å². The Hall–Kier alpha value is -2.70. The topological polar surface area (TPSA) is 60.9 Å². The summed E-state index contributed by atoms with van der Waals surface area (Å²) in [5.41, 5.74) is 2.41. The average Bonchev–Trinajstić information content (AvgIpc) is 3.31. The van der Waals surface area contributed by atoms with Crippen LogP contribution in [0.5, 0.6) is 11.5 Å². The van der Waals surface area contributed by atoms with Crippen LogP contribution in [0.3, 0.4) is 0 Å². The van der Waals surface area contributed by atoms with Crippen molar-refractivity contribution in [3.63, 3.8) is 0 Å². The Labute approximate surface area is 157 Å². The summed E-state index contributed by atoms with van der Waals surface area (Å²) in [6.07, 6.45) is 7.60. The first-order chi connectivity index (χ1) is 13.3. The summed E-state index contributed by atoms with van der Waals surface area (Å²) in [4.78, 5) is 19.0. The van der Waals surface area contributed by atoms with Crippen molar-refractivity contribution < 1.29 is 19.0 Å². The number of ether oxygens (including phenoxy) is 3. The van der Waals surface area contributed by atoms with E-state index in [1.54, 1.807) is 24.5 Å². The molecule has 6 nitrogen and oxygen atoms in total. The molecule has 0 N–H and O–H groups in total. The van der Waals surface area contributed by atoms with Crippen molar-refractivity contribution >= 4 is 11.9 Å². The van der Waals surface area contributed by atoms with Crippen molar-refractivity contribution in [3.05, 3.63) is 59.1 Å². The summed E-state index contributed by atoms with van der Waals surface area (Å²) in [5.74, 6) is 1.65. The smallest absolute Gasteiger partial charge is 0.231 e. The molecule has 0 bridgehead atoms. The largest absolute Gasteiger partial charge is 0.478 e. The first-order valence-electron chi connectivity index (χ1n) is 9.25. The zero-order chi connectivity index (χ0) is 18.2. The standard InChI is InChI=1S/C21H20N2O4/c24-20-16-3-4-18-17(12-23(13-26-18)11-15-2-1-9-25-15)21(16)27-19(20)10-14-5-7-22-8-6-14/h3-8,10,15H,1-2,9,11-13H2/b19-10-/t15-/m1/s1. The third kappa shape index (κ3) is 3.11. The van der Waals surface area contributed by atoms with Gasteiger partial charge < -0.3 is 14.2 Å². The summed E-state index contributed by atoms with van der Waals surface area (Å²) in [6, 6.07) is 7.34. The van der Waals surface area contributed by atoms with Crippen LogP contribution in [0.25, 0.3) is 6.08 Å². The van der Waals surface area contributed by atoms with Gasteiger partial charge in [0.05, 0.1) is 17.2 Å². The summed E-state index contributed by atoms with van der Waals surface area (Å²) >= 11 is 0. The van der Waals surface area contributed by atoms with Crippen LogP contribution < -0.4 is 9.47 Å². The van der Waals surface area contributed by atoms with E-state index in [-0.39, 0.29) is 11.9 Å². The first kappa shape index (κ1) is 16.5. The van der Waals surface area contributed by atoms with E-state index < -0.39 is 0 Å². The van der Waals surface area contributed by atoms with Crippen LogP contribution in [0.2, 0.25) is 0 Å². The molecular formula is C21H20N2O4. The Morgan fingerprint density at radius 1 is 1.22 bits per heavy atom. The van der Waals surface area contributed by atoms with E-state index in [1.165, 1.54) is 0 Å². The molecule has 4 heterocycles. The lowest BCUT2D eigenvalue weighted by atomic mass is 10.0. The van der Waals surface area contributed by atoms with Gasteiger partial charge in [0.25, 0.3) is 0 Å². The van der Waals surface area contributed by atoms with Crippen molar-refractivity contribution in [2.45, 2.75) is 25.5 Å². The van der Waals surface area contributed by atoms with Gasteiger partial charge >= 0.3 is 0 Å². The number of pyridine rings is 1. The van der Waals surface area contributed by atoms with Crippen LogP contribution >= 0.6 is 0 Å². The second-order valence-electron chi connectivity index (χ2n) is 7.06. The Bertz CT molecular complexity index is 904. The number of hydrogen-bond acceptors (Lipinski definition) is 6. The highest BCUT2D eigenvalue weighted by atomic mass is 16.5. The number of carbonyl (C=O) groups is 1. The average molecular weight is 364 g/mol. The molecule has 6 heteroatoms. The quantitative estimate of drug-likeness (QED) is 0.781. The maximum atomic E-state index is 12.8. The van der Waals surface area contributed by atoms with Gasteiger partial charge in [0, 0.05) is 32.1 Å². The summed E-state index contributed by atoms with van der Waals surface area (Å²) < 4.78 is 17.6. The zero-order valence-electron chi connectivity index (χ0n) is 14.9. The van der Waals surface area contributed by atoms with Crippen molar-refractivity contribution in [1.29, 1.82) is 0 Å². The first-order valence-corrected chi connectivity index (χ1v) is 9.25. The Balaban J connectivity index is 1.42. The van der Waals surface area contributed by atoms with E-state index in [9.17, 15) is 4.79 Å². The van der Waals surface area contributed by atoms with Gasteiger partial charge in [-0.1, -0.05) is 0 Å². The predicted molar refractivity (Wildman–Crippen MR) is 98.5 cm³/mol. The molecule has 1 fully saturated rings. The molecule has 1 atom stereocenters. The van der Waals surface area contributed by atoms with Crippen LogP contribution in [0.15, 0.2) is 42.4 Å². The summed E-state index contributed by atoms with van der Waals surface area (Å²) in [6.45, 7) is 2.89. The Kier molecular flexibility index (Phi) is 4.14. The van der Waals surface area contributed by atoms with Crippen LogP contribution in [0.1, 0.15) is 34.3 Å². The van der Waals surface area contributed by atoms with Gasteiger partial charge in [0.1, 0.15) is 18.2 Å². The number of allylic oxidation sites excluding steroid dienone is 1. The molecule has 5 rings (SSSR count). The lowest BCUT2D eigenvalue weighted by Crippen LogP contribution is -2.37. The van der Waals surface area contributed by atoms with Crippen molar-refractivity contribution in [3.8, 4) is 11.5 Å². The minimum Gasteiger partial charge on any atom is -0.478 e. The Morgan fingerprint density at radius 2 is 2.11 bits per heavy atom. The molecule has 3 aliphatic rings. The lowest BCUT2D eigenvalue weighted by molar-refractivity contribution is 0.0274.